The molecule has 0 heterocycles. The fraction of sp³-hybridized carbons (Fsp3) is 0. The Labute approximate surface area is 106 Å². The van der Waals surface area contributed by atoms with Crippen molar-refractivity contribution in [3.63, 3.8) is 0 Å². The summed E-state index contributed by atoms with van der Waals surface area (Å²) in [5.41, 5.74) is 2.69. The summed E-state index contributed by atoms with van der Waals surface area (Å²) in [5, 5.41) is 0. The highest BCUT2D eigenvalue weighted by Gasteiger charge is 2.06. The number of carbonyl (C=O) groups is 1. The van der Waals surface area contributed by atoms with Gasteiger partial charge in [0.1, 0.15) is 0 Å². The zero-order chi connectivity index (χ0) is 12.5. The highest BCUT2D eigenvalue weighted by molar-refractivity contribution is 6.25. The van der Waals surface area contributed by atoms with Crippen LogP contribution < -0.4 is 0 Å². The van der Waals surface area contributed by atoms with Crippen LogP contribution in [0.3, 0.4) is 0 Å². The molecule has 0 radical (unpaired) electrons. The van der Waals surface area contributed by atoms with Crippen LogP contribution in [0.2, 0.25) is 0 Å². The summed E-state index contributed by atoms with van der Waals surface area (Å²) in [6, 6.07) is 18.6. The van der Waals surface area contributed by atoms with E-state index in [2.05, 4.69) is 6.58 Å². The van der Waals surface area contributed by atoms with Crippen molar-refractivity contribution in [1.82, 2.24) is 0 Å². The second kappa shape index (κ2) is 7.42. The van der Waals surface area contributed by atoms with Crippen LogP contribution in [-0.4, -0.2) is 5.78 Å². The Kier molecular flexibility index (Phi) is 5.76. The number of rotatable bonds is 2. The molecule has 2 aromatic rings. The molecule has 0 saturated carbocycles. The van der Waals surface area contributed by atoms with E-state index in [1.807, 2.05) is 60.7 Å². The molecule has 2 rings (SSSR count). The molecule has 0 saturated heterocycles. The standard InChI is InChI=1S/C13H10O.C2H3Cl/c14-13(11-7-3-1-4-8-11)12-9-5-2-6-10-12;1-2-3/h1-10H;2H,1H2. The van der Waals surface area contributed by atoms with Crippen LogP contribution in [0.25, 0.3) is 0 Å². The molecule has 86 valence electrons. The molecule has 0 amide bonds. The van der Waals surface area contributed by atoms with Gasteiger partial charge in [-0.2, -0.15) is 0 Å². The van der Waals surface area contributed by atoms with Gasteiger partial charge in [-0.05, 0) is 5.54 Å². The van der Waals surface area contributed by atoms with Crippen molar-refractivity contribution in [2.24, 2.45) is 0 Å². The summed E-state index contributed by atoms with van der Waals surface area (Å²) in [6.07, 6.45) is 0. The molecule has 0 atom stereocenters. The van der Waals surface area contributed by atoms with Crippen molar-refractivity contribution in [1.29, 1.82) is 0 Å². The summed E-state index contributed by atoms with van der Waals surface area (Å²) < 4.78 is 0. The Morgan fingerprint density at radius 3 is 1.47 bits per heavy atom. The summed E-state index contributed by atoms with van der Waals surface area (Å²) >= 11 is 4.76. The van der Waals surface area contributed by atoms with Crippen LogP contribution in [-0.2, 0) is 0 Å². The maximum Gasteiger partial charge on any atom is 0.193 e. The molecule has 0 aliphatic heterocycles. The summed E-state index contributed by atoms with van der Waals surface area (Å²) in [4.78, 5) is 11.8. The highest BCUT2D eigenvalue weighted by Crippen LogP contribution is 2.08. The zero-order valence-corrected chi connectivity index (χ0v) is 10.1. The lowest BCUT2D eigenvalue weighted by Gasteiger charge is -1.99. The number of carbonyl (C=O) groups excluding carboxylic acids is 1. The maximum atomic E-state index is 11.8. The average molecular weight is 245 g/mol. The Morgan fingerprint density at radius 1 is 0.882 bits per heavy atom. The van der Waals surface area contributed by atoms with E-state index in [0.717, 1.165) is 11.1 Å². The minimum atomic E-state index is 0.0752. The molecular formula is C15H13ClO. The van der Waals surface area contributed by atoms with Gasteiger partial charge in [-0.1, -0.05) is 78.8 Å². The van der Waals surface area contributed by atoms with Gasteiger partial charge in [0.15, 0.2) is 5.78 Å². The Bertz CT molecular complexity index is 421. The topological polar surface area (TPSA) is 17.1 Å². The number of halogens is 1. The van der Waals surface area contributed by atoms with Crippen molar-refractivity contribution < 1.29 is 4.79 Å². The van der Waals surface area contributed by atoms with Crippen LogP contribution in [0, 0.1) is 0 Å². The van der Waals surface area contributed by atoms with Crippen molar-refractivity contribution in [3.8, 4) is 0 Å². The zero-order valence-electron chi connectivity index (χ0n) is 9.34. The first kappa shape index (κ1) is 13.2. The van der Waals surface area contributed by atoms with E-state index in [-0.39, 0.29) is 5.78 Å². The van der Waals surface area contributed by atoms with Crippen LogP contribution in [0.1, 0.15) is 15.9 Å². The fourth-order valence-corrected chi connectivity index (χ4v) is 1.35. The summed E-state index contributed by atoms with van der Waals surface area (Å²) in [5.74, 6) is 0.0752. The molecule has 0 spiro atoms. The molecule has 0 aliphatic carbocycles. The van der Waals surface area contributed by atoms with Crippen LogP contribution in [0.4, 0.5) is 0 Å². The summed E-state index contributed by atoms with van der Waals surface area (Å²) in [7, 11) is 0. The van der Waals surface area contributed by atoms with Crippen molar-refractivity contribution in [2.75, 3.05) is 0 Å². The minimum absolute atomic E-state index is 0.0752. The average Bonchev–Trinajstić information content (AvgIpc) is 2.41. The SMILES string of the molecule is C=CCl.O=C(c1ccccc1)c1ccccc1. The first-order chi connectivity index (χ1) is 8.29. The smallest absolute Gasteiger partial charge is 0.193 e. The van der Waals surface area contributed by atoms with Crippen LogP contribution in [0.15, 0.2) is 72.8 Å². The molecule has 0 unspecified atom stereocenters. The van der Waals surface area contributed by atoms with Crippen molar-refractivity contribution in [2.45, 2.75) is 0 Å². The molecule has 0 aliphatic rings. The predicted molar refractivity (Wildman–Crippen MR) is 72.4 cm³/mol. The molecule has 0 N–H and O–H groups in total. The maximum absolute atomic E-state index is 11.8. The molecule has 0 fully saturated rings. The lowest BCUT2D eigenvalue weighted by Crippen LogP contribution is -1.99. The van der Waals surface area contributed by atoms with Gasteiger partial charge >= 0.3 is 0 Å². The molecule has 2 heteroatoms. The normalized spacial score (nSPS) is 8.76. The van der Waals surface area contributed by atoms with Crippen molar-refractivity contribution in [3.05, 3.63) is 83.9 Å². The number of hydrogen-bond donors (Lipinski definition) is 0. The Morgan fingerprint density at radius 2 is 1.18 bits per heavy atom. The van der Waals surface area contributed by atoms with E-state index >= 15 is 0 Å². The van der Waals surface area contributed by atoms with Gasteiger partial charge in [-0.3, -0.25) is 4.79 Å². The Balaban J connectivity index is 0.000000437. The molecule has 0 aromatic heterocycles. The van der Waals surface area contributed by atoms with E-state index in [1.165, 1.54) is 5.54 Å². The van der Waals surface area contributed by atoms with E-state index in [4.69, 9.17) is 11.6 Å². The second-order valence-electron chi connectivity index (χ2n) is 3.22. The van der Waals surface area contributed by atoms with E-state index in [1.54, 1.807) is 0 Å². The first-order valence-electron chi connectivity index (χ1n) is 5.15. The third-order valence-corrected chi connectivity index (χ3v) is 2.07. The third kappa shape index (κ3) is 4.25. The van der Waals surface area contributed by atoms with E-state index < -0.39 is 0 Å². The molecular weight excluding hydrogens is 232 g/mol. The third-order valence-electron chi connectivity index (χ3n) is 2.07. The number of hydrogen-bond acceptors (Lipinski definition) is 1. The van der Waals surface area contributed by atoms with Crippen LogP contribution >= 0.6 is 11.6 Å². The van der Waals surface area contributed by atoms with Gasteiger partial charge in [0.05, 0.1) is 0 Å². The largest absolute Gasteiger partial charge is 0.289 e. The van der Waals surface area contributed by atoms with Crippen LogP contribution in [0.5, 0.6) is 0 Å². The minimum Gasteiger partial charge on any atom is -0.289 e. The number of ketones is 1. The van der Waals surface area contributed by atoms with Gasteiger partial charge in [0.2, 0.25) is 0 Å². The quantitative estimate of drug-likeness (QED) is 0.721. The molecule has 2 aromatic carbocycles. The monoisotopic (exact) mass is 244 g/mol. The molecule has 17 heavy (non-hydrogen) atoms. The van der Waals surface area contributed by atoms with Gasteiger partial charge < -0.3 is 0 Å². The van der Waals surface area contributed by atoms with Gasteiger partial charge in [0.25, 0.3) is 0 Å². The fourth-order valence-electron chi connectivity index (χ4n) is 1.35. The van der Waals surface area contributed by atoms with Gasteiger partial charge in [-0.15, -0.1) is 0 Å². The van der Waals surface area contributed by atoms with E-state index in [0.29, 0.717) is 0 Å². The predicted octanol–water partition coefficient (Wildman–Crippen LogP) is 4.29. The Hall–Kier alpha value is -1.86. The van der Waals surface area contributed by atoms with Gasteiger partial charge in [0, 0.05) is 11.1 Å². The lowest BCUT2D eigenvalue weighted by molar-refractivity contribution is 0.103. The first-order valence-corrected chi connectivity index (χ1v) is 5.59. The van der Waals surface area contributed by atoms with E-state index in [9.17, 15) is 4.79 Å². The molecule has 0 bridgehead atoms. The van der Waals surface area contributed by atoms with Crippen molar-refractivity contribution >= 4 is 17.4 Å². The second-order valence-corrected chi connectivity index (χ2v) is 3.52. The van der Waals surface area contributed by atoms with Gasteiger partial charge in [-0.25, -0.2) is 0 Å². The number of benzene rings is 2. The summed E-state index contributed by atoms with van der Waals surface area (Å²) in [6.45, 7) is 3.13. The highest BCUT2D eigenvalue weighted by atomic mass is 35.5. The lowest BCUT2D eigenvalue weighted by atomic mass is 10.0. The molecule has 1 nitrogen and oxygen atoms in total.